The highest BCUT2D eigenvalue weighted by atomic mass is 32.2. The number of benzene rings is 2. The lowest BCUT2D eigenvalue weighted by atomic mass is 10.2. The third-order valence-corrected chi connectivity index (χ3v) is 6.07. The van der Waals surface area contributed by atoms with Crippen molar-refractivity contribution in [2.75, 3.05) is 14.2 Å². The van der Waals surface area contributed by atoms with Crippen molar-refractivity contribution in [3.63, 3.8) is 0 Å². The van der Waals surface area contributed by atoms with Crippen molar-refractivity contribution in [1.82, 2.24) is 9.71 Å². The van der Waals surface area contributed by atoms with Gasteiger partial charge in [-0.05, 0) is 37.4 Å². The molecule has 0 atom stereocenters. The smallest absolute Gasteiger partial charge is 0.338 e. The quantitative estimate of drug-likeness (QED) is 0.648. The molecule has 3 rings (SSSR count). The van der Waals surface area contributed by atoms with Crippen molar-refractivity contribution in [2.24, 2.45) is 0 Å². The first-order valence-corrected chi connectivity index (χ1v) is 9.87. The standard InChI is InChI=1S/C17H16N2O5S2/c1-18-26(21,22)15-9-11(7-8-13(15)23-2)17(20)24-10-16-19-12-5-3-4-6-14(12)25-16/h3-9,18H,10H2,1-2H3. The van der Waals surface area contributed by atoms with Gasteiger partial charge in [-0.1, -0.05) is 12.1 Å². The van der Waals surface area contributed by atoms with Crippen LogP contribution in [0.5, 0.6) is 5.75 Å². The van der Waals surface area contributed by atoms with E-state index in [-0.39, 0.29) is 22.8 Å². The summed E-state index contributed by atoms with van der Waals surface area (Å²) in [5, 5.41) is 0.663. The molecule has 0 saturated carbocycles. The third kappa shape index (κ3) is 3.69. The molecule has 0 aliphatic carbocycles. The number of hydrogen-bond donors (Lipinski definition) is 1. The first-order chi connectivity index (χ1) is 12.4. The van der Waals surface area contributed by atoms with Gasteiger partial charge in [-0.3, -0.25) is 0 Å². The van der Waals surface area contributed by atoms with Crippen LogP contribution in [0.4, 0.5) is 0 Å². The Bertz CT molecular complexity index is 1030. The monoisotopic (exact) mass is 392 g/mol. The second-order valence-electron chi connectivity index (χ2n) is 5.22. The summed E-state index contributed by atoms with van der Waals surface area (Å²) < 4.78 is 37.7. The average molecular weight is 392 g/mol. The van der Waals surface area contributed by atoms with Crippen molar-refractivity contribution >= 4 is 37.5 Å². The Hall–Kier alpha value is -2.49. The van der Waals surface area contributed by atoms with Gasteiger partial charge in [0.05, 0.1) is 22.9 Å². The zero-order valence-corrected chi connectivity index (χ0v) is 15.7. The van der Waals surface area contributed by atoms with E-state index < -0.39 is 16.0 Å². The van der Waals surface area contributed by atoms with E-state index in [0.717, 1.165) is 10.2 Å². The predicted molar refractivity (Wildman–Crippen MR) is 98.0 cm³/mol. The molecular formula is C17H16N2O5S2. The van der Waals surface area contributed by atoms with Crippen LogP contribution in [0, 0.1) is 0 Å². The summed E-state index contributed by atoms with van der Waals surface area (Å²) in [6, 6.07) is 11.7. The lowest BCUT2D eigenvalue weighted by Gasteiger charge is -2.10. The number of hydrogen-bond acceptors (Lipinski definition) is 7. The van der Waals surface area contributed by atoms with E-state index in [2.05, 4.69) is 9.71 Å². The van der Waals surface area contributed by atoms with Crippen LogP contribution in [0.15, 0.2) is 47.4 Å². The second kappa shape index (κ2) is 7.40. The van der Waals surface area contributed by atoms with E-state index in [1.807, 2.05) is 24.3 Å². The van der Waals surface area contributed by atoms with Crippen LogP contribution in [0.3, 0.4) is 0 Å². The van der Waals surface area contributed by atoms with Gasteiger partial charge in [0.25, 0.3) is 0 Å². The first kappa shape index (κ1) is 18.3. The van der Waals surface area contributed by atoms with Crippen molar-refractivity contribution in [1.29, 1.82) is 0 Å². The third-order valence-electron chi connectivity index (χ3n) is 3.62. The van der Waals surface area contributed by atoms with Gasteiger partial charge in [0, 0.05) is 0 Å². The first-order valence-electron chi connectivity index (χ1n) is 7.58. The van der Waals surface area contributed by atoms with Crippen LogP contribution >= 0.6 is 11.3 Å². The zero-order chi connectivity index (χ0) is 18.7. The molecule has 1 aromatic heterocycles. The van der Waals surface area contributed by atoms with E-state index in [1.54, 1.807) is 0 Å². The summed E-state index contributed by atoms with van der Waals surface area (Å²) in [6.45, 7) is 0.0122. The highest BCUT2D eigenvalue weighted by molar-refractivity contribution is 7.89. The van der Waals surface area contributed by atoms with Gasteiger partial charge < -0.3 is 9.47 Å². The highest BCUT2D eigenvalue weighted by Crippen LogP contribution is 2.26. The normalized spacial score (nSPS) is 11.5. The predicted octanol–water partition coefficient (Wildman–Crippen LogP) is 2.57. The van der Waals surface area contributed by atoms with Crippen molar-refractivity contribution in [3.8, 4) is 5.75 Å². The molecule has 1 heterocycles. The molecule has 26 heavy (non-hydrogen) atoms. The molecule has 0 aliphatic heterocycles. The number of methoxy groups -OCH3 is 1. The lowest BCUT2D eigenvalue weighted by Crippen LogP contribution is -2.20. The minimum atomic E-state index is -3.77. The summed E-state index contributed by atoms with van der Waals surface area (Å²) >= 11 is 1.44. The highest BCUT2D eigenvalue weighted by Gasteiger charge is 2.21. The van der Waals surface area contributed by atoms with Crippen molar-refractivity contribution in [2.45, 2.75) is 11.5 Å². The summed E-state index contributed by atoms with van der Waals surface area (Å²) in [4.78, 5) is 16.6. The fraction of sp³-hybridized carbons (Fsp3) is 0.176. The molecule has 3 aromatic rings. The molecule has 7 nitrogen and oxygen atoms in total. The average Bonchev–Trinajstić information content (AvgIpc) is 3.08. The number of rotatable bonds is 6. The lowest BCUT2D eigenvalue weighted by molar-refractivity contribution is 0.0472. The summed E-state index contributed by atoms with van der Waals surface area (Å²) in [6.07, 6.45) is 0. The molecule has 0 unspecified atom stereocenters. The van der Waals surface area contributed by atoms with Gasteiger partial charge >= 0.3 is 5.97 Å². The summed E-state index contributed by atoms with van der Waals surface area (Å²) in [5.41, 5.74) is 0.955. The summed E-state index contributed by atoms with van der Waals surface area (Å²) in [5.74, 6) is -0.499. The number of carbonyl (C=O) groups is 1. The van der Waals surface area contributed by atoms with E-state index in [0.29, 0.717) is 5.01 Å². The Balaban J connectivity index is 1.80. The van der Waals surface area contributed by atoms with E-state index in [9.17, 15) is 13.2 Å². The fourth-order valence-corrected chi connectivity index (χ4v) is 4.11. The Labute approximate surface area is 154 Å². The number of esters is 1. The molecule has 1 N–H and O–H groups in total. The molecule has 0 spiro atoms. The van der Waals surface area contributed by atoms with Gasteiger partial charge in [-0.25, -0.2) is 22.9 Å². The molecule has 136 valence electrons. The number of ether oxygens (including phenoxy) is 2. The van der Waals surface area contributed by atoms with Gasteiger partial charge in [-0.15, -0.1) is 11.3 Å². The number of fused-ring (bicyclic) bond motifs is 1. The van der Waals surface area contributed by atoms with E-state index >= 15 is 0 Å². The molecule has 2 aromatic carbocycles. The maximum Gasteiger partial charge on any atom is 0.338 e. The number of sulfonamides is 1. The Kier molecular flexibility index (Phi) is 5.21. The molecule has 0 fully saturated rings. The number of nitrogens with one attached hydrogen (secondary N) is 1. The van der Waals surface area contributed by atoms with E-state index in [4.69, 9.17) is 9.47 Å². The Morgan fingerprint density at radius 1 is 1.23 bits per heavy atom. The number of thiazole rings is 1. The van der Waals surface area contributed by atoms with Crippen LogP contribution in [-0.4, -0.2) is 33.5 Å². The van der Waals surface area contributed by atoms with Crippen LogP contribution in [0.1, 0.15) is 15.4 Å². The van der Waals surface area contributed by atoms with Gasteiger partial charge in [0.1, 0.15) is 22.3 Å². The van der Waals surface area contributed by atoms with Gasteiger partial charge in [0.2, 0.25) is 10.0 Å². The molecular weight excluding hydrogens is 376 g/mol. The number of aromatic nitrogens is 1. The Morgan fingerprint density at radius 2 is 2.00 bits per heavy atom. The minimum absolute atomic E-state index is 0.0122. The fourth-order valence-electron chi connectivity index (χ4n) is 2.32. The zero-order valence-electron chi connectivity index (χ0n) is 14.1. The molecule has 0 saturated heterocycles. The topological polar surface area (TPSA) is 94.6 Å². The molecule has 9 heteroatoms. The largest absolute Gasteiger partial charge is 0.495 e. The maximum absolute atomic E-state index is 12.3. The summed E-state index contributed by atoms with van der Waals surface area (Å²) in [7, 11) is -1.13. The van der Waals surface area contributed by atoms with Gasteiger partial charge in [-0.2, -0.15) is 0 Å². The maximum atomic E-state index is 12.3. The molecule has 0 radical (unpaired) electrons. The van der Waals surface area contributed by atoms with Crippen LogP contribution in [0.25, 0.3) is 10.2 Å². The molecule has 0 amide bonds. The van der Waals surface area contributed by atoms with Crippen molar-refractivity contribution in [3.05, 3.63) is 53.0 Å². The van der Waals surface area contributed by atoms with Crippen molar-refractivity contribution < 1.29 is 22.7 Å². The van der Waals surface area contributed by atoms with E-state index in [1.165, 1.54) is 43.7 Å². The number of nitrogens with zero attached hydrogens (tertiary/aromatic N) is 1. The van der Waals surface area contributed by atoms with Crippen LogP contribution in [-0.2, 0) is 21.4 Å². The van der Waals surface area contributed by atoms with Crippen LogP contribution < -0.4 is 9.46 Å². The molecule has 0 bridgehead atoms. The Morgan fingerprint density at radius 3 is 2.69 bits per heavy atom. The SMILES string of the molecule is CNS(=O)(=O)c1cc(C(=O)OCc2nc3ccccc3s2)ccc1OC. The number of para-hydroxylation sites is 1. The number of carbonyl (C=O) groups excluding carboxylic acids is 1. The van der Waals surface area contributed by atoms with Crippen LogP contribution in [0.2, 0.25) is 0 Å². The second-order valence-corrected chi connectivity index (χ2v) is 8.19. The molecule has 0 aliphatic rings. The van der Waals surface area contributed by atoms with Gasteiger partial charge in [0.15, 0.2) is 0 Å². The minimum Gasteiger partial charge on any atom is -0.495 e.